The lowest BCUT2D eigenvalue weighted by Crippen LogP contribution is -2.19. The number of alkyl halides is 6. The summed E-state index contributed by atoms with van der Waals surface area (Å²) in [5, 5.41) is -0.298. The van der Waals surface area contributed by atoms with E-state index in [0.29, 0.717) is 18.1 Å². The zero-order valence-corrected chi connectivity index (χ0v) is 89.0. The third-order valence-electron chi connectivity index (χ3n) is 23.2. The second-order valence-electron chi connectivity index (χ2n) is 42.6. The number of sulfone groups is 1. The Hall–Kier alpha value is -6.54. The van der Waals surface area contributed by atoms with Gasteiger partial charge in [0, 0.05) is 66.6 Å². The van der Waals surface area contributed by atoms with Gasteiger partial charge in [-0.3, -0.25) is 15.0 Å². The highest BCUT2D eigenvalue weighted by molar-refractivity contribution is 7.91. The predicted molar refractivity (Wildman–Crippen MR) is 651 cm³/mol. The van der Waals surface area contributed by atoms with Crippen molar-refractivity contribution in [2.45, 2.75) is 524 Å². The lowest BCUT2D eigenvalue weighted by molar-refractivity contribution is -0.0321. The van der Waals surface area contributed by atoms with Crippen molar-refractivity contribution in [3.05, 3.63) is 222 Å². The summed E-state index contributed by atoms with van der Waals surface area (Å²) in [7, 11) is -2.95. The Balaban J connectivity index is -0.000000108. The molecule has 7 aromatic rings. The molecule has 14 heteroatoms. The molecule has 0 N–H and O–H groups in total. The van der Waals surface area contributed by atoms with Crippen molar-refractivity contribution in [3.8, 4) is 11.5 Å². The maximum absolute atomic E-state index is 13.4. The van der Waals surface area contributed by atoms with Crippen LogP contribution in [-0.4, -0.2) is 41.3 Å². The van der Waals surface area contributed by atoms with Crippen molar-refractivity contribution in [2.75, 3.05) is 6.79 Å². The van der Waals surface area contributed by atoms with Gasteiger partial charge in [0.25, 0.3) is 11.8 Å². The van der Waals surface area contributed by atoms with Crippen molar-refractivity contribution < 1.29 is 44.2 Å². The highest BCUT2D eigenvalue weighted by Gasteiger charge is 2.45. The number of hydrogen-bond donors (Lipinski definition) is 0. The molecule has 6 aliphatic rings. The lowest BCUT2D eigenvalue weighted by Gasteiger charge is -2.26. The summed E-state index contributed by atoms with van der Waals surface area (Å²) in [6.07, 6.45) is 43.1. The second-order valence-corrected chi connectivity index (χ2v) is 45.2. The van der Waals surface area contributed by atoms with Gasteiger partial charge in [-0.05, 0) is 245 Å². The highest BCUT2D eigenvalue weighted by atomic mass is 32.2. The van der Waals surface area contributed by atoms with E-state index in [-0.39, 0.29) is 170 Å². The zero-order chi connectivity index (χ0) is 99.1. The molecule has 0 atom stereocenters. The number of ether oxygens (including phenoxy) is 2. The van der Waals surface area contributed by atoms with Crippen LogP contribution in [0, 0.1) is 82.9 Å². The van der Waals surface area contributed by atoms with E-state index < -0.39 is 27.6 Å². The summed E-state index contributed by atoms with van der Waals surface area (Å²) in [6.45, 7) is 55.3. The molecule has 1 aliphatic heterocycles. The number of aryl methyl sites for hydroxylation is 3. The monoisotopic (exact) mass is 2080 g/mol. The SMILES string of the molecule is C.C.C.C.C.C.C.C.C.C.C.C.C.C.CC(C)CC(F)(F)CC1CC1.CC(C)CC(F)(F)c1ccccc1.CC(C)CC(F)(F)c1ccccn1.CC(C)CC1(c2ccccn2)CC1.CC(C)CC1CC1.CC(C)CC1CCC1.CC(C)CCCCC1CC1.CC(C)CCc1ccc2c(c1)OCO2.CC(C)CCc1ccccc1.CC(C)CCc1ccccn1.CC(C)S(=O)(=O)Cc1ccccc1.CCCC.CCCC. The largest absolute Gasteiger partial charge is 0.454 e. The van der Waals surface area contributed by atoms with Crippen LogP contribution in [0.3, 0.4) is 0 Å². The minimum Gasteiger partial charge on any atom is -0.454 e. The molecule has 7 nitrogen and oxygen atoms in total. The van der Waals surface area contributed by atoms with Crippen molar-refractivity contribution in [1.29, 1.82) is 0 Å². The van der Waals surface area contributed by atoms with Gasteiger partial charge in [-0.15, -0.1) is 0 Å². The first-order chi connectivity index (χ1) is 62.3. The molecule has 4 heterocycles. The molecule has 5 aliphatic carbocycles. The van der Waals surface area contributed by atoms with Gasteiger partial charge in [0.1, 0.15) is 5.69 Å². The fourth-order valence-electron chi connectivity index (χ4n) is 14.5. The molecule has 5 saturated carbocycles. The number of aromatic nitrogens is 3. The van der Waals surface area contributed by atoms with Gasteiger partial charge in [0.2, 0.25) is 12.7 Å². The number of unbranched alkanes of at least 4 members (excludes halogenated alkanes) is 3. The van der Waals surface area contributed by atoms with Crippen LogP contribution in [0.4, 0.5) is 26.3 Å². The molecule has 0 amide bonds. The van der Waals surface area contributed by atoms with Crippen molar-refractivity contribution in [3.63, 3.8) is 0 Å². The molecule has 0 saturated heterocycles. The molecule has 0 radical (unpaired) electrons. The Labute approximate surface area is 909 Å². The molecule has 0 bridgehead atoms. The van der Waals surface area contributed by atoms with Crippen molar-refractivity contribution in [2.24, 2.45) is 82.9 Å². The van der Waals surface area contributed by atoms with Gasteiger partial charge >= 0.3 is 0 Å². The normalized spacial score (nSPS) is 13.1. The van der Waals surface area contributed by atoms with Crippen LogP contribution in [0.2, 0.25) is 0 Å². The zero-order valence-electron chi connectivity index (χ0n) is 88.2. The molecule has 4 aromatic carbocycles. The lowest BCUT2D eigenvalue weighted by atomic mass is 9.80. The van der Waals surface area contributed by atoms with Gasteiger partial charge in [-0.2, -0.15) is 8.78 Å². The Bertz CT molecular complexity index is 3750. The predicted octanol–water partition coefficient (Wildman–Crippen LogP) is 46.0. The third-order valence-corrected chi connectivity index (χ3v) is 25.4. The molecule has 0 unspecified atom stereocenters. The van der Waals surface area contributed by atoms with Crippen LogP contribution in [0.1, 0.15) is 510 Å². The molecule has 3 aromatic heterocycles. The Kier molecular flexibility index (Phi) is 113. The minimum absolute atomic E-state index is 0. The summed E-state index contributed by atoms with van der Waals surface area (Å²) < 4.78 is 113. The van der Waals surface area contributed by atoms with Crippen LogP contribution < -0.4 is 9.47 Å². The Morgan fingerprint density at radius 3 is 1.10 bits per heavy atom. The molecule has 146 heavy (non-hydrogen) atoms. The van der Waals surface area contributed by atoms with Gasteiger partial charge in [-0.1, -0.05) is 482 Å². The molecule has 0 spiro atoms. The Morgan fingerprint density at radius 2 is 0.747 bits per heavy atom. The number of hydrogen-bond acceptors (Lipinski definition) is 7. The van der Waals surface area contributed by atoms with Crippen molar-refractivity contribution in [1.82, 2.24) is 15.0 Å². The maximum atomic E-state index is 13.4. The molecular weight excluding hydrogens is 1840 g/mol. The summed E-state index contributed by atoms with van der Waals surface area (Å²) in [5.74, 6) is 3.75. The average Bonchev–Trinajstić information content (AvgIpc) is 1.62. The van der Waals surface area contributed by atoms with E-state index in [1.165, 1.54) is 201 Å². The maximum Gasteiger partial charge on any atom is 0.289 e. The quantitative estimate of drug-likeness (QED) is 0.0285. The first-order valence-corrected chi connectivity index (χ1v) is 53.6. The van der Waals surface area contributed by atoms with Gasteiger partial charge in [0.05, 0.1) is 11.0 Å². The van der Waals surface area contributed by atoms with Crippen LogP contribution in [0.25, 0.3) is 0 Å². The van der Waals surface area contributed by atoms with Gasteiger partial charge < -0.3 is 9.47 Å². The van der Waals surface area contributed by atoms with Crippen molar-refractivity contribution >= 4 is 9.84 Å². The number of nitrogens with zero attached hydrogens (tertiary/aromatic N) is 3. The summed E-state index contributed by atoms with van der Waals surface area (Å²) in [5.41, 5.74) is 6.60. The van der Waals surface area contributed by atoms with Crippen LogP contribution in [0.5, 0.6) is 11.5 Å². The van der Waals surface area contributed by atoms with E-state index in [4.69, 9.17) is 9.47 Å². The minimum atomic E-state index is -2.95. The summed E-state index contributed by atoms with van der Waals surface area (Å²) in [6, 6.07) is 51.0. The molecule has 862 valence electrons. The summed E-state index contributed by atoms with van der Waals surface area (Å²) in [4.78, 5) is 12.4. The van der Waals surface area contributed by atoms with E-state index in [1.807, 2.05) is 80.8 Å². The topological polar surface area (TPSA) is 91.3 Å². The molecule has 5 fully saturated rings. The Morgan fingerprint density at radius 1 is 0.356 bits per heavy atom. The van der Waals surface area contributed by atoms with Crippen LogP contribution in [0.15, 0.2) is 182 Å². The average molecular weight is 2090 g/mol. The first kappa shape index (κ1) is 170. The molecule has 13 rings (SSSR count). The fraction of sp³-hybridized carbons (Fsp3) is 0.705. The van der Waals surface area contributed by atoms with Gasteiger partial charge in [-0.25, -0.2) is 26.0 Å². The number of rotatable bonds is 36. The smallest absolute Gasteiger partial charge is 0.289 e. The highest BCUT2D eigenvalue weighted by Crippen LogP contribution is 2.52. The second kappa shape index (κ2) is 96.7. The van der Waals surface area contributed by atoms with E-state index in [2.05, 4.69) is 200 Å². The third kappa shape index (κ3) is 92.4. The first-order valence-electron chi connectivity index (χ1n) is 51.9. The van der Waals surface area contributed by atoms with E-state index in [1.54, 1.807) is 71.9 Å². The number of fused-ring (bicyclic) bond motifs is 1. The van der Waals surface area contributed by atoms with E-state index >= 15 is 0 Å². The van der Waals surface area contributed by atoms with Gasteiger partial charge in [0.15, 0.2) is 21.3 Å². The van der Waals surface area contributed by atoms with E-state index in [9.17, 15) is 34.8 Å². The summed E-state index contributed by atoms with van der Waals surface area (Å²) >= 11 is 0. The standard InChI is InChI=1S/C12H17N.C12H16O2.C11H14F2.C11H16.C10H13F2N.C10H15N.C10H14O2S.C10H20.C9H16F2.C8H16.C7H14.2C4H10.14CH4/c1-10(2)9-12(6-7-12)11-5-3-4-8-13-11;1-9(2)3-4-10-5-6-11-12(7-10)14-8-13-11;1-9(2)8-11(12,13)10-6-4-3-5-7-10;1-10(2)8-9-11-6-4-3-5-7-11;1-8(2)7-10(11,12)9-5-3-4-6-13-9;1-9(2)6-7-10-5-3-4-8-11-10;1-9(2)13(11,12)8-10-6-4-3-5-7-10;1-9(2)5-3-4-6-10-7-8-10;1-7(2)5-9(10,11)6-8-3-4-8;1-7(2)6-8-4-3-5-8;1-6(2)5-7-3-4-7;2*1-3-4-2;;;;;;;;;;;;;;/h3-5,8,10H,6-7,9H2,1-2H3;5-7,9H,3-4,8H2,1-2H3;3-7,9H,8H2,1-2H3;3-7,10H,8-9H2,1-2H3;3-6,8H,7H2,1-2H3;3-5,8-9H,6-7H2,1-2H3;3-7,9H,8H2,1-2H3;9-10H,3-8H2,1-2H3;7-8H,3-6H2,1-2H3;7-8H,3-6H2,1-2H3;6-7H,3-5H2,1-2H3;2*3-4H2,1-2H3;14*1H4. The van der Waals surface area contributed by atoms with Crippen LogP contribution >= 0.6 is 0 Å². The van der Waals surface area contributed by atoms with Crippen LogP contribution in [-0.2, 0) is 52.1 Å². The number of pyridine rings is 3. The molecular formula is C132H247F6N3O4S. The number of halogens is 6. The number of benzene rings is 4. The van der Waals surface area contributed by atoms with E-state index in [0.717, 1.165) is 102 Å². The fourth-order valence-corrected chi connectivity index (χ4v) is 15.5.